The molecule has 4 rings (SSSR count). The van der Waals surface area contributed by atoms with Crippen LogP contribution in [0.15, 0.2) is 66.9 Å². The Kier molecular flexibility index (Phi) is 5.12. The Hall–Kier alpha value is -3.47. The monoisotopic (exact) mass is 385 g/mol. The lowest BCUT2D eigenvalue weighted by Crippen LogP contribution is -2.30. The quantitative estimate of drug-likeness (QED) is 0.710. The molecule has 1 N–H and O–H groups in total. The largest absolute Gasteiger partial charge is 0.322 e. The average molecular weight is 385 g/mol. The topological polar surface area (TPSA) is 62.3 Å². The van der Waals surface area contributed by atoms with Crippen LogP contribution in [0.3, 0.4) is 0 Å². The predicted molar refractivity (Wildman–Crippen MR) is 115 cm³/mol. The van der Waals surface area contributed by atoms with E-state index in [4.69, 9.17) is 0 Å². The number of rotatable bonds is 4. The summed E-state index contributed by atoms with van der Waals surface area (Å²) in [6, 6.07) is 18.8. The van der Waals surface area contributed by atoms with Crippen LogP contribution < -0.4 is 10.2 Å². The van der Waals surface area contributed by atoms with Crippen molar-refractivity contribution in [2.24, 2.45) is 0 Å². The molecule has 0 aliphatic carbocycles. The molecule has 0 fully saturated rings. The Balaban J connectivity index is 1.51. The molecule has 0 saturated carbocycles. The number of carbonyl (C=O) groups is 2. The third-order valence-electron chi connectivity index (χ3n) is 5.21. The lowest BCUT2D eigenvalue weighted by molar-refractivity contribution is 0.0984. The first-order valence-electron chi connectivity index (χ1n) is 9.80. The Morgan fingerprint density at radius 3 is 2.55 bits per heavy atom. The van der Waals surface area contributed by atoms with Crippen LogP contribution in [0, 0.1) is 0 Å². The number of hydrogen-bond donors (Lipinski definition) is 1. The van der Waals surface area contributed by atoms with Gasteiger partial charge in [0.2, 0.25) is 0 Å². The zero-order valence-electron chi connectivity index (χ0n) is 16.6. The lowest BCUT2D eigenvalue weighted by atomic mass is 10.0. The second-order valence-electron chi connectivity index (χ2n) is 7.50. The van der Waals surface area contributed by atoms with Crippen LogP contribution >= 0.6 is 0 Å². The van der Waals surface area contributed by atoms with Gasteiger partial charge in [0.1, 0.15) is 5.69 Å². The highest BCUT2D eigenvalue weighted by atomic mass is 16.2. The van der Waals surface area contributed by atoms with Gasteiger partial charge in [-0.2, -0.15) is 0 Å². The van der Waals surface area contributed by atoms with Gasteiger partial charge in [-0.05, 0) is 53.8 Å². The third-order valence-corrected chi connectivity index (χ3v) is 5.21. The summed E-state index contributed by atoms with van der Waals surface area (Å²) in [6.45, 7) is 4.88. The SMILES string of the molecule is CC(C)c1ccc(NC(=O)c2ccnc(C(=O)N3CCc4ccccc43)c2)cc1. The fourth-order valence-electron chi connectivity index (χ4n) is 3.53. The van der Waals surface area contributed by atoms with Crippen LogP contribution in [0.25, 0.3) is 0 Å². The van der Waals surface area contributed by atoms with E-state index in [9.17, 15) is 9.59 Å². The summed E-state index contributed by atoms with van der Waals surface area (Å²) in [5.74, 6) is -0.0179. The third kappa shape index (κ3) is 3.90. The van der Waals surface area contributed by atoms with E-state index in [1.165, 1.54) is 11.8 Å². The highest BCUT2D eigenvalue weighted by Crippen LogP contribution is 2.28. The molecule has 5 heteroatoms. The van der Waals surface area contributed by atoms with Crippen molar-refractivity contribution < 1.29 is 9.59 Å². The van der Waals surface area contributed by atoms with E-state index in [1.807, 2.05) is 48.5 Å². The van der Waals surface area contributed by atoms with Crippen molar-refractivity contribution in [3.63, 3.8) is 0 Å². The van der Waals surface area contributed by atoms with Crippen molar-refractivity contribution in [2.45, 2.75) is 26.2 Å². The lowest BCUT2D eigenvalue weighted by Gasteiger charge is -2.17. The number of carbonyl (C=O) groups excluding carboxylic acids is 2. The molecule has 146 valence electrons. The number of benzene rings is 2. The van der Waals surface area contributed by atoms with Crippen molar-refractivity contribution in [3.8, 4) is 0 Å². The number of aromatic nitrogens is 1. The van der Waals surface area contributed by atoms with Gasteiger partial charge in [-0.1, -0.05) is 44.2 Å². The highest BCUT2D eigenvalue weighted by molar-refractivity contribution is 6.09. The summed E-state index contributed by atoms with van der Waals surface area (Å²) in [5.41, 5.74) is 4.68. The minimum atomic E-state index is -0.263. The Morgan fingerprint density at radius 2 is 1.79 bits per heavy atom. The van der Waals surface area contributed by atoms with Crippen LogP contribution in [-0.4, -0.2) is 23.3 Å². The number of amides is 2. The smallest absolute Gasteiger partial charge is 0.276 e. The molecule has 2 heterocycles. The number of para-hydroxylation sites is 1. The predicted octanol–water partition coefficient (Wildman–Crippen LogP) is 4.66. The minimum Gasteiger partial charge on any atom is -0.322 e. The molecule has 0 spiro atoms. The number of fused-ring (bicyclic) bond motifs is 1. The molecular formula is C24H23N3O2. The molecule has 0 atom stereocenters. The van der Waals surface area contributed by atoms with Crippen molar-refractivity contribution in [1.29, 1.82) is 0 Å². The summed E-state index contributed by atoms with van der Waals surface area (Å²) in [6.07, 6.45) is 2.33. The molecule has 3 aromatic rings. The molecule has 0 bridgehead atoms. The second kappa shape index (κ2) is 7.87. The van der Waals surface area contributed by atoms with Crippen molar-refractivity contribution in [2.75, 3.05) is 16.8 Å². The fraction of sp³-hybridized carbons (Fsp3) is 0.208. The van der Waals surface area contributed by atoms with Gasteiger partial charge in [0.15, 0.2) is 0 Å². The van der Waals surface area contributed by atoms with E-state index in [0.717, 1.165) is 23.4 Å². The zero-order valence-corrected chi connectivity index (χ0v) is 16.6. The van der Waals surface area contributed by atoms with E-state index < -0.39 is 0 Å². The minimum absolute atomic E-state index is 0.189. The second-order valence-corrected chi connectivity index (χ2v) is 7.50. The first-order valence-corrected chi connectivity index (χ1v) is 9.80. The van der Waals surface area contributed by atoms with Gasteiger partial charge in [0, 0.05) is 29.7 Å². The Labute approximate surface area is 170 Å². The summed E-state index contributed by atoms with van der Waals surface area (Å²) in [7, 11) is 0. The molecular weight excluding hydrogens is 362 g/mol. The summed E-state index contributed by atoms with van der Waals surface area (Å²) in [5, 5.41) is 2.88. The molecule has 1 aliphatic rings. The van der Waals surface area contributed by atoms with Crippen molar-refractivity contribution in [3.05, 3.63) is 89.2 Å². The van der Waals surface area contributed by atoms with E-state index >= 15 is 0 Å². The van der Waals surface area contributed by atoms with Crippen LogP contribution in [0.2, 0.25) is 0 Å². The van der Waals surface area contributed by atoms with E-state index in [-0.39, 0.29) is 17.5 Å². The van der Waals surface area contributed by atoms with Gasteiger partial charge in [-0.3, -0.25) is 14.6 Å². The van der Waals surface area contributed by atoms with Gasteiger partial charge in [0.05, 0.1) is 0 Å². The van der Waals surface area contributed by atoms with E-state index in [1.54, 1.807) is 17.0 Å². The molecule has 1 aromatic heterocycles. The van der Waals surface area contributed by atoms with Gasteiger partial charge >= 0.3 is 0 Å². The van der Waals surface area contributed by atoms with Crippen LogP contribution in [0.1, 0.15) is 51.7 Å². The number of anilines is 2. The first kappa shape index (κ1) is 18.9. The number of pyridine rings is 1. The molecule has 2 aromatic carbocycles. The molecule has 1 aliphatic heterocycles. The van der Waals surface area contributed by atoms with Crippen LogP contribution in [0.4, 0.5) is 11.4 Å². The Bertz CT molecular complexity index is 1060. The number of hydrogen-bond acceptors (Lipinski definition) is 3. The van der Waals surface area contributed by atoms with Gasteiger partial charge in [-0.15, -0.1) is 0 Å². The summed E-state index contributed by atoms with van der Waals surface area (Å²) in [4.78, 5) is 31.6. The van der Waals surface area contributed by atoms with E-state index in [0.29, 0.717) is 18.0 Å². The molecule has 0 radical (unpaired) electrons. The first-order chi connectivity index (χ1) is 14.0. The van der Waals surface area contributed by atoms with Gasteiger partial charge in [0.25, 0.3) is 11.8 Å². The molecule has 29 heavy (non-hydrogen) atoms. The van der Waals surface area contributed by atoms with Crippen LogP contribution in [0.5, 0.6) is 0 Å². The summed E-state index contributed by atoms with van der Waals surface area (Å²) < 4.78 is 0. The molecule has 2 amide bonds. The van der Waals surface area contributed by atoms with Gasteiger partial charge in [-0.25, -0.2) is 0 Å². The van der Waals surface area contributed by atoms with Crippen molar-refractivity contribution >= 4 is 23.2 Å². The summed E-state index contributed by atoms with van der Waals surface area (Å²) >= 11 is 0. The zero-order chi connectivity index (χ0) is 20.4. The van der Waals surface area contributed by atoms with Gasteiger partial charge < -0.3 is 10.2 Å². The number of nitrogens with zero attached hydrogens (tertiary/aromatic N) is 2. The van der Waals surface area contributed by atoms with Crippen LogP contribution in [-0.2, 0) is 6.42 Å². The van der Waals surface area contributed by atoms with Crippen molar-refractivity contribution in [1.82, 2.24) is 4.98 Å². The molecule has 5 nitrogen and oxygen atoms in total. The average Bonchev–Trinajstić information content (AvgIpc) is 3.18. The van der Waals surface area contributed by atoms with E-state index in [2.05, 4.69) is 24.1 Å². The molecule has 0 saturated heterocycles. The molecule has 0 unspecified atom stereocenters. The maximum absolute atomic E-state index is 13.0. The highest BCUT2D eigenvalue weighted by Gasteiger charge is 2.26. The standard InChI is InChI=1S/C24H23N3O2/c1-16(2)17-7-9-20(10-8-17)26-23(28)19-11-13-25-21(15-19)24(29)27-14-12-18-5-3-4-6-22(18)27/h3-11,13,15-16H,12,14H2,1-2H3,(H,26,28). The fourth-order valence-corrected chi connectivity index (χ4v) is 3.53. The maximum atomic E-state index is 13.0. The normalized spacial score (nSPS) is 12.7. The number of nitrogens with one attached hydrogen (secondary N) is 1. The Morgan fingerprint density at radius 1 is 1.03 bits per heavy atom. The maximum Gasteiger partial charge on any atom is 0.276 e.